The average Bonchev–Trinajstić information content (AvgIpc) is 2.75. The molecule has 6 nitrogen and oxygen atoms in total. The van der Waals surface area contributed by atoms with E-state index in [1.54, 1.807) is 0 Å². The fourth-order valence-electron chi connectivity index (χ4n) is 4.47. The number of benzene rings is 1. The number of carboxylic acids is 1. The van der Waals surface area contributed by atoms with Crippen LogP contribution in [0.5, 0.6) is 6.01 Å². The van der Waals surface area contributed by atoms with Gasteiger partial charge >= 0.3 is 18.2 Å². The molecule has 1 saturated heterocycles. The fourth-order valence-corrected chi connectivity index (χ4v) is 4.47. The number of piperidine rings is 1. The second-order valence-electron chi connectivity index (χ2n) is 8.92. The second-order valence-corrected chi connectivity index (χ2v) is 8.92. The van der Waals surface area contributed by atoms with E-state index in [1.165, 1.54) is 24.5 Å². The molecule has 0 bridgehead atoms. The van der Waals surface area contributed by atoms with Gasteiger partial charge in [-0.2, -0.15) is 13.2 Å². The van der Waals surface area contributed by atoms with Crippen molar-refractivity contribution in [3.05, 3.63) is 42.0 Å². The number of ether oxygens (including phenoxy) is 1. The van der Waals surface area contributed by atoms with Gasteiger partial charge in [0.1, 0.15) is 5.82 Å². The predicted octanol–water partition coefficient (Wildman–Crippen LogP) is 4.80. The molecule has 1 N–H and O–H groups in total. The van der Waals surface area contributed by atoms with E-state index in [9.17, 15) is 22.4 Å². The maximum absolute atomic E-state index is 13.9. The summed E-state index contributed by atoms with van der Waals surface area (Å²) >= 11 is 0. The molecule has 2 heterocycles. The summed E-state index contributed by atoms with van der Waals surface area (Å²) in [5.41, 5.74) is -0.976. The minimum absolute atomic E-state index is 0.0860. The maximum Gasteiger partial charge on any atom is 0.395 e. The van der Waals surface area contributed by atoms with Crippen LogP contribution in [-0.4, -0.2) is 58.4 Å². The van der Waals surface area contributed by atoms with Crippen LogP contribution in [0.25, 0.3) is 11.1 Å². The largest absolute Gasteiger partial charge is 0.478 e. The van der Waals surface area contributed by atoms with Gasteiger partial charge in [-0.3, -0.25) is 0 Å². The Bertz CT molecular complexity index is 985. The maximum atomic E-state index is 13.9. The summed E-state index contributed by atoms with van der Waals surface area (Å²) in [5, 5.41) is 8.91. The molecule has 178 valence electrons. The Hall–Kier alpha value is -2.75. The third kappa shape index (κ3) is 5.10. The van der Waals surface area contributed by atoms with Crippen LogP contribution in [0.1, 0.15) is 42.5 Å². The van der Waals surface area contributed by atoms with E-state index in [4.69, 9.17) is 9.84 Å². The lowest BCUT2D eigenvalue weighted by Crippen LogP contribution is -2.53. The molecule has 0 spiro atoms. The number of halogens is 4. The summed E-state index contributed by atoms with van der Waals surface area (Å²) in [6.45, 7) is 1.69. The minimum atomic E-state index is -4.14. The molecular formula is C23H25F4N3O3. The number of rotatable bonds is 7. The molecule has 1 aliphatic heterocycles. The molecule has 4 rings (SSSR count). The molecule has 0 radical (unpaired) electrons. The third-order valence-corrected chi connectivity index (χ3v) is 6.75. The first-order chi connectivity index (χ1) is 15.7. The van der Waals surface area contributed by atoms with Crippen LogP contribution < -0.4 is 4.74 Å². The Morgan fingerprint density at radius 1 is 1.15 bits per heavy atom. The van der Waals surface area contributed by atoms with Crippen molar-refractivity contribution >= 4 is 5.97 Å². The van der Waals surface area contributed by atoms with Crippen molar-refractivity contribution < 1.29 is 32.2 Å². The molecule has 2 aromatic rings. The molecule has 1 aromatic carbocycles. The number of carboxylic acid groups (broad SMARTS) is 1. The van der Waals surface area contributed by atoms with E-state index in [0.29, 0.717) is 37.2 Å². The van der Waals surface area contributed by atoms with E-state index in [1.807, 2.05) is 4.90 Å². The number of alkyl halides is 3. The van der Waals surface area contributed by atoms with E-state index in [2.05, 4.69) is 9.97 Å². The van der Waals surface area contributed by atoms with Gasteiger partial charge in [-0.05, 0) is 62.4 Å². The molecule has 0 unspecified atom stereocenters. The Balaban J connectivity index is 1.26. The highest BCUT2D eigenvalue weighted by atomic mass is 19.4. The normalized spacial score (nSPS) is 19.2. The Morgan fingerprint density at radius 2 is 1.82 bits per heavy atom. The first-order valence-corrected chi connectivity index (χ1v) is 10.9. The Labute approximate surface area is 188 Å². The zero-order valence-corrected chi connectivity index (χ0v) is 17.9. The van der Waals surface area contributed by atoms with Gasteiger partial charge in [0.25, 0.3) is 0 Å². The van der Waals surface area contributed by atoms with Gasteiger partial charge in [0.15, 0.2) is 0 Å². The van der Waals surface area contributed by atoms with Crippen molar-refractivity contribution in [2.45, 2.75) is 38.3 Å². The summed E-state index contributed by atoms with van der Waals surface area (Å²) < 4.78 is 59.7. The Morgan fingerprint density at radius 3 is 2.33 bits per heavy atom. The lowest BCUT2D eigenvalue weighted by Gasteiger charge is -2.47. The van der Waals surface area contributed by atoms with Crippen LogP contribution in [-0.2, 0) is 0 Å². The topological polar surface area (TPSA) is 75.6 Å². The zero-order chi connectivity index (χ0) is 23.6. The predicted molar refractivity (Wildman–Crippen MR) is 111 cm³/mol. The van der Waals surface area contributed by atoms with Gasteiger partial charge in [0.2, 0.25) is 0 Å². The zero-order valence-electron chi connectivity index (χ0n) is 17.9. The van der Waals surface area contributed by atoms with E-state index in [0.717, 1.165) is 18.9 Å². The van der Waals surface area contributed by atoms with Crippen LogP contribution in [0.4, 0.5) is 17.6 Å². The molecule has 1 saturated carbocycles. The van der Waals surface area contributed by atoms with Crippen molar-refractivity contribution in [2.24, 2.45) is 11.3 Å². The van der Waals surface area contributed by atoms with E-state index >= 15 is 0 Å². The lowest BCUT2D eigenvalue weighted by atomic mass is 9.67. The summed E-state index contributed by atoms with van der Waals surface area (Å²) in [4.78, 5) is 21.1. The first kappa shape index (κ1) is 23.4. The number of aromatic carboxylic acids is 1. The van der Waals surface area contributed by atoms with Crippen LogP contribution in [0.15, 0.2) is 30.6 Å². The summed E-state index contributed by atoms with van der Waals surface area (Å²) in [5.74, 6) is -1.97. The van der Waals surface area contributed by atoms with Crippen molar-refractivity contribution in [2.75, 3.05) is 26.2 Å². The fraction of sp³-hybridized carbons (Fsp3) is 0.522. The number of likely N-dealkylation sites (tertiary alicyclic amines) is 1. The molecule has 2 fully saturated rings. The minimum Gasteiger partial charge on any atom is -0.478 e. The van der Waals surface area contributed by atoms with Crippen LogP contribution >= 0.6 is 0 Å². The highest BCUT2D eigenvalue weighted by molar-refractivity contribution is 5.88. The number of carbonyl (C=O) groups is 1. The van der Waals surface area contributed by atoms with Gasteiger partial charge in [0, 0.05) is 24.5 Å². The van der Waals surface area contributed by atoms with Gasteiger partial charge < -0.3 is 14.7 Å². The summed E-state index contributed by atoms with van der Waals surface area (Å²) in [6.07, 6.45) is 1.39. The molecule has 1 aromatic heterocycles. The molecule has 33 heavy (non-hydrogen) atoms. The molecule has 2 aliphatic rings. The van der Waals surface area contributed by atoms with Gasteiger partial charge in [-0.15, -0.1) is 0 Å². The molecule has 0 amide bonds. The van der Waals surface area contributed by atoms with E-state index in [-0.39, 0.29) is 31.3 Å². The molecule has 10 heteroatoms. The van der Waals surface area contributed by atoms with E-state index < -0.39 is 28.9 Å². The van der Waals surface area contributed by atoms with Gasteiger partial charge in [0.05, 0.1) is 17.6 Å². The number of hydrogen-bond acceptors (Lipinski definition) is 5. The van der Waals surface area contributed by atoms with Crippen LogP contribution in [0.3, 0.4) is 0 Å². The highest BCUT2D eigenvalue weighted by Crippen LogP contribution is 2.53. The average molecular weight is 467 g/mol. The quantitative estimate of drug-likeness (QED) is 0.590. The highest BCUT2D eigenvalue weighted by Gasteiger charge is 2.58. The van der Waals surface area contributed by atoms with Gasteiger partial charge in [-0.1, -0.05) is 12.5 Å². The smallest absolute Gasteiger partial charge is 0.395 e. The third-order valence-electron chi connectivity index (χ3n) is 6.75. The van der Waals surface area contributed by atoms with Crippen molar-refractivity contribution in [1.29, 1.82) is 0 Å². The summed E-state index contributed by atoms with van der Waals surface area (Å²) in [6, 6.07) is 3.94. The van der Waals surface area contributed by atoms with Gasteiger partial charge in [-0.25, -0.2) is 19.2 Å². The SMILES string of the molecule is O=C(O)c1ccc(-c2cnc(OCC3CCN(CC4(C(F)(F)F)CCC4)CC3)nc2)cc1F. The van der Waals surface area contributed by atoms with Crippen molar-refractivity contribution in [3.63, 3.8) is 0 Å². The second kappa shape index (κ2) is 9.24. The van der Waals surface area contributed by atoms with Crippen LogP contribution in [0, 0.1) is 17.2 Å². The number of aromatic nitrogens is 2. The van der Waals surface area contributed by atoms with Crippen molar-refractivity contribution in [1.82, 2.24) is 14.9 Å². The summed E-state index contributed by atoms with van der Waals surface area (Å²) in [7, 11) is 0. The molecule has 1 aliphatic carbocycles. The first-order valence-electron chi connectivity index (χ1n) is 10.9. The molecular weight excluding hydrogens is 442 g/mol. The molecule has 0 atom stereocenters. The Kier molecular flexibility index (Phi) is 6.56. The standard InChI is InChI=1S/C23H25F4N3O3/c24-19-10-16(2-3-18(19)20(31)32)17-11-28-21(29-12-17)33-13-15-4-8-30(9-5-15)14-22(6-1-7-22)23(25,26)27/h2-3,10-12,15H,1,4-9,13-14H2,(H,31,32). The number of hydrogen-bond donors (Lipinski definition) is 1. The van der Waals surface area contributed by atoms with Crippen LogP contribution in [0.2, 0.25) is 0 Å². The van der Waals surface area contributed by atoms with Crippen molar-refractivity contribution in [3.8, 4) is 17.1 Å². The lowest BCUT2D eigenvalue weighted by molar-refractivity contribution is -0.256. The number of nitrogens with zero attached hydrogens (tertiary/aromatic N) is 3. The monoisotopic (exact) mass is 467 g/mol.